The third-order valence-corrected chi connectivity index (χ3v) is 3.73. The Hall–Kier alpha value is -1.03. The monoisotopic (exact) mass is 231 g/mol. The number of hydrogen-bond acceptors (Lipinski definition) is 2. The maximum atomic E-state index is 11.4. The number of hydrogen-bond donors (Lipinski definition) is 0. The van der Waals surface area contributed by atoms with Crippen molar-refractivity contribution in [3.8, 4) is 0 Å². The van der Waals surface area contributed by atoms with Crippen molar-refractivity contribution in [3.63, 3.8) is 0 Å². The van der Waals surface area contributed by atoms with Crippen LogP contribution in [0.5, 0.6) is 0 Å². The summed E-state index contributed by atoms with van der Waals surface area (Å²) in [7, 11) is 5.55. The standard InChI is InChI=1S/C12H14BNOS/c13-9-14-10(6-7-12(14)15)3-1-4-11-5-2-8-16-11/h1-3,5,8,10H,4,6-7,9H2. The Labute approximate surface area is 101 Å². The van der Waals surface area contributed by atoms with Gasteiger partial charge in [-0.2, -0.15) is 0 Å². The molecule has 2 heterocycles. The lowest BCUT2D eigenvalue weighted by atomic mass is 10.1. The van der Waals surface area contributed by atoms with E-state index in [9.17, 15) is 4.79 Å². The van der Waals surface area contributed by atoms with Crippen molar-refractivity contribution in [1.29, 1.82) is 0 Å². The van der Waals surface area contributed by atoms with Crippen molar-refractivity contribution in [3.05, 3.63) is 34.5 Å². The van der Waals surface area contributed by atoms with Gasteiger partial charge in [-0.15, -0.1) is 11.3 Å². The van der Waals surface area contributed by atoms with E-state index in [4.69, 9.17) is 7.85 Å². The first-order chi connectivity index (χ1) is 7.81. The molecule has 0 bridgehead atoms. The third kappa shape index (κ3) is 2.56. The normalized spacial score (nSPS) is 21.1. The highest BCUT2D eigenvalue weighted by Gasteiger charge is 2.26. The molecule has 0 N–H and O–H groups in total. The van der Waals surface area contributed by atoms with Crippen molar-refractivity contribution >= 4 is 25.1 Å². The lowest BCUT2D eigenvalue weighted by Gasteiger charge is -2.20. The molecule has 1 aromatic heterocycles. The average Bonchev–Trinajstić information content (AvgIpc) is 2.89. The number of likely N-dealkylation sites (tertiary alicyclic amines) is 1. The van der Waals surface area contributed by atoms with Crippen molar-refractivity contribution in [1.82, 2.24) is 4.90 Å². The molecule has 1 saturated heterocycles. The fourth-order valence-corrected chi connectivity index (χ4v) is 2.64. The second kappa shape index (κ2) is 5.35. The summed E-state index contributed by atoms with van der Waals surface area (Å²) in [5.74, 6) is 0.174. The van der Waals surface area contributed by atoms with Gasteiger partial charge in [0, 0.05) is 17.3 Å². The first kappa shape index (κ1) is 11.5. The SMILES string of the molecule is [B]CN1C(=O)CCC1C=CCc1cccs1. The number of amides is 1. The van der Waals surface area contributed by atoms with Crippen molar-refractivity contribution < 1.29 is 4.79 Å². The number of carbonyl (C=O) groups excluding carboxylic acids is 1. The zero-order valence-electron chi connectivity index (χ0n) is 9.13. The highest BCUT2D eigenvalue weighted by atomic mass is 32.1. The molecule has 1 atom stereocenters. The molecule has 2 radical (unpaired) electrons. The number of rotatable bonds is 4. The fraction of sp³-hybridized carbons (Fsp3) is 0.417. The summed E-state index contributed by atoms with van der Waals surface area (Å²) in [5.41, 5.74) is 0. The van der Waals surface area contributed by atoms with Gasteiger partial charge in [-0.3, -0.25) is 4.79 Å². The molecule has 1 aliphatic heterocycles. The van der Waals surface area contributed by atoms with Gasteiger partial charge in [0.15, 0.2) is 0 Å². The third-order valence-electron chi connectivity index (χ3n) is 2.83. The summed E-state index contributed by atoms with van der Waals surface area (Å²) in [6.07, 6.45) is 7.05. The molecule has 0 spiro atoms. The molecule has 4 heteroatoms. The molecular weight excluding hydrogens is 217 g/mol. The Morgan fingerprint density at radius 1 is 1.62 bits per heavy atom. The number of thiophene rings is 1. The van der Waals surface area contributed by atoms with Crippen LogP contribution in [0.3, 0.4) is 0 Å². The van der Waals surface area contributed by atoms with E-state index in [0.717, 1.165) is 12.8 Å². The van der Waals surface area contributed by atoms with Gasteiger partial charge in [0.2, 0.25) is 5.91 Å². The molecular formula is C12H14BNOS. The second-order valence-corrected chi connectivity index (χ2v) is 4.90. The Bertz CT molecular complexity index is 374. The van der Waals surface area contributed by atoms with Gasteiger partial charge in [-0.25, -0.2) is 0 Å². The van der Waals surface area contributed by atoms with Crippen molar-refractivity contribution in [2.24, 2.45) is 0 Å². The van der Waals surface area contributed by atoms with Crippen LogP contribution in [0.2, 0.25) is 0 Å². The highest BCUT2D eigenvalue weighted by molar-refractivity contribution is 7.09. The van der Waals surface area contributed by atoms with Gasteiger partial charge in [0.25, 0.3) is 0 Å². The molecule has 1 unspecified atom stereocenters. The Balaban J connectivity index is 1.89. The van der Waals surface area contributed by atoms with Crippen LogP contribution < -0.4 is 0 Å². The summed E-state index contributed by atoms with van der Waals surface area (Å²) < 4.78 is 0. The van der Waals surface area contributed by atoms with E-state index in [-0.39, 0.29) is 11.9 Å². The molecule has 1 fully saturated rings. The summed E-state index contributed by atoms with van der Waals surface area (Å²) in [5, 5.41) is 2.08. The summed E-state index contributed by atoms with van der Waals surface area (Å²) in [6, 6.07) is 4.38. The lowest BCUT2D eigenvalue weighted by Crippen LogP contribution is -2.32. The largest absolute Gasteiger partial charge is 0.345 e. The topological polar surface area (TPSA) is 20.3 Å². The maximum absolute atomic E-state index is 11.4. The van der Waals surface area contributed by atoms with Gasteiger partial charge >= 0.3 is 0 Å². The van der Waals surface area contributed by atoms with Crippen molar-refractivity contribution in [2.45, 2.75) is 25.3 Å². The van der Waals surface area contributed by atoms with Crippen LogP contribution in [0, 0.1) is 0 Å². The van der Waals surface area contributed by atoms with Gasteiger partial charge in [-0.05, 0) is 30.7 Å². The van der Waals surface area contributed by atoms with E-state index in [1.54, 1.807) is 16.2 Å². The Morgan fingerprint density at radius 2 is 2.50 bits per heavy atom. The maximum Gasteiger partial charge on any atom is 0.222 e. The van der Waals surface area contributed by atoms with E-state index in [2.05, 4.69) is 29.7 Å². The summed E-state index contributed by atoms with van der Waals surface area (Å²) in [4.78, 5) is 14.5. The van der Waals surface area contributed by atoms with Crippen LogP contribution in [-0.4, -0.2) is 31.1 Å². The quantitative estimate of drug-likeness (QED) is 0.573. The molecule has 2 rings (SSSR count). The van der Waals surface area contributed by atoms with E-state index in [0.29, 0.717) is 12.9 Å². The first-order valence-electron chi connectivity index (χ1n) is 5.50. The minimum absolute atomic E-state index is 0.174. The summed E-state index contributed by atoms with van der Waals surface area (Å²) in [6.45, 7) is 0. The first-order valence-corrected chi connectivity index (χ1v) is 6.38. The van der Waals surface area contributed by atoms with E-state index in [1.807, 2.05) is 0 Å². The van der Waals surface area contributed by atoms with Gasteiger partial charge in [0.05, 0.1) is 7.85 Å². The molecule has 16 heavy (non-hydrogen) atoms. The van der Waals surface area contributed by atoms with Gasteiger partial charge in [0.1, 0.15) is 0 Å². The molecule has 0 aromatic carbocycles. The van der Waals surface area contributed by atoms with Crippen LogP contribution in [0.4, 0.5) is 0 Å². The van der Waals surface area contributed by atoms with E-state index < -0.39 is 0 Å². The molecule has 1 amide bonds. The minimum atomic E-state index is 0.174. The molecule has 0 aliphatic carbocycles. The minimum Gasteiger partial charge on any atom is -0.345 e. The fourth-order valence-electron chi connectivity index (χ4n) is 1.96. The highest BCUT2D eigenvalue weighted by Crippen LogP contribution is 2.19. The number of nitrogens with zero attached hydrogens (tertiary/aromatic N) is 1. The predicted octanol–water partition coefficient (Wildman–Crippen LogP) is 1.96. The van der Waals surface area contributed by atoms with Crippen molar-refractivity contribution in [2.75, 3.05) is 6.44 Å². The Kier molecular flexibility index (Phi) is 3.83. The molecule has 1 aliphatic rings. The van der Waals surface area contributed by atoms with Gasteiger partial charge < -0.3 is 4.90 Å². The van der Waals surface area contributed by atoms with Crippen LogP contribution >= 0.6 is 11.3 Å². The smallest absolute Gasteiger partial charge is 0.222 e. The van der Waals surface area contributed by atoms with Crippen LogP contribution in [0.1, 0.15) is 17.7 Å². The summed E-state index contributed by atoms with van der Waals surface area (Å²) >= 11 is 1.76. The number of carbonyl (C=O) groups is 1. The van der Waals surface area contributed by atoms with Gasteiger partial charge in [-0.1, -0.05) is 18.2 Å². The number of allylic oxidation sites excluding steroid dienone is 1. The van der Waals surface area contributed by atoms with Crippen LogP contribution in [0.15, 0.2) is 29.7 Å². The zero-order valence-corrected chi connectivity index (χ0v) is 9.95. The second-order valence-electron chi connectivity index (χ2n) is 3.86. The van der Waals surface area contributed by atoms with E-state index in [1.165, 1.54) is 4.88 Å². The zero-order chi connectivity index (χ0) is 11.4. The average molecular weight is 231 g/mol. The lowest BCUT2D eigenvalue weighted by molar-refractivity contribution is -0.127. The Morgan fingerprint density at radius 3 is 3.19 bits per heavy atom. The van der Waals surface area contributed by atoms with Crippen LogP contribution in [-0.2, 0) is 11.2 Å². The molecule has 2 nitrogen and oxygen atoms in total. The molecule has 0 saturated carbocycles. The molecule has 82 valence electrons. The van der Waals surface area contributed by atoms with Crippen LogP contribution in [0.25, 0.3) is 0 Å². The van der Waals surface area contributed by atoms with E-state index >= 15 is 0 Å². The molecule has 1 aromatic rings. The predicted molar refractivity (Wildman–Crippen MR) is 67.7 cm³/mol.